The van der Waals surface area contributed by atoms with Crippen molar-refractivity contribution in [3.8, 4) is 17.0 Å². The van der Waals surface area contributed by atoms with Gasteiger partial charge in [-0.1, -0.05) is 0 Å². The number of benzene rings is 1. The average Bonchev–Trinajstić information content (AvgIpc) is 2.96. The fraction of sp³-hybridized carbons (Fsp3) is 0.267. The van der Waals surface area contributed by atoms with Crippen LogP contribution in [0.2, 0.25) is 0 Å². The lowest BCUT2D eigenvalue weighted by molar-refractivity contribution is -0.122. The van der Waals surface area contributed by atoms with Crippen LogP contribution in [0.4, 0.5) is 10.8 Å². The minimum Gasteiger partial charge on any atom is -0.479 e. The third-order valence-electron chi connectivity index (χ3n) is 3.23. The van der Waals surface area contributed by atoms with Crippen LogP contribution in [0.25, 0.3) is 11.3 Å². The first-order chi connectivity index (χ1) is 11.1. The number of aromatic nitrogens is 1. The minimum absolute atomic E-state index is 0.0185. The van der Waals surface area contributed by atoms with Gasteiger partial charge in [-0.15, -0.1) is 11.3 Å². The van der Waals surface area contributed by atoms with Gasteiger partial charge in [-0.05, 0) is 25.1 Å². The van der Waals surface area contributed by atoms with E-state index in [1.165, 1.54) is 18.4 Å². The Kier molecular flexibility index (Phi) is 4.26. The second-order valence-corrected chi connectivity index (χ2v) is 5.84. The summed E-state index contributed by atoms with van der Waals surface area (Å²) in [6.07, 6.45) is -0.504. The Labute approximate surface area is 136 Å². The second-order valence-electron chi connectivity index (χ2n) is 4.98. The molecule has 0 saturated heterocycles. The van der Waals surface area contributed by atoms with E-state index in [1.807, 2.05) is 11.4 Å². The Hall–Kier alpha value is -2.45. The zero-order valence-electron chi connectivity index (χ0n) is 12.6. The number of hydrogen-bond donors (Lipinski definition) is 2. The highest BCUT2D eigenvalue weighted by Gasteiger charge is 2.23. The summed E-state index contributed by atoms with van der Waals surface area (Å²) in [7, 11) is 1.46. The average molecular weight is 333 g/mol. The molecule has 1 aromatic carbocycles. The molecule has 0 saturated carbocycles. The van der Waals surface area contributed by atoms with Gasteiger partial charge in [0, 0.05) is 18.1 Å². The molecule has 2 aromatic rings. The molecule has 2 N–H and O–H groups in total. The van der Waals surface area contributed by atoms with Gasteiger partial charge in [0.05, 0.1) is 11.4 Å². The summed E-state index contributed by atoms with van der Waals surface area (Å²) in [5.74, 6) is 0.193. The summed E-state index contributed by atoms with van der Waals surface area (Å²) >= 11 is 1.32. The van der Waals surface area contributed by atoms with E-state index < -0.39 is 6.10 Å². The van der Waals surface area contributed by atoms with Crippen molar-refractivity contribution in [3.63, 3.8) is 0 Å². The van der Waals surface area contributed by atoms with Crippen LogP contribution in [0.1, 0.15) is 6.92 Å². The van der Waals surface area contributed by atoms with Crippen LogP contribution in [-0.2, 0) is 14.3 Å². The lowest BCUT2D eigenvalue weighted by Gasteiger charge is -2.23. The molecule has 1 atom stereocenters. The van der Waals surface area contributed by atoms with Gasteiger partial charge in [0.15, 0.2) is 11.2 Å². The summed E-state index contributed by atoms with van der Waals surface area (Å²) in [4.78, 5) is 27.5. The number of amides is 2. The van der Waals surface area contributed by atoms with Crippen molar-refractivity contribution in [2.75, 3.05) is 24.4 Å². The topological polar surface area (TPSA) is 89.5 Å². The smallest absolute Gasteiger partial charge is 0.265 e. The maximum atomic E-state index is 11.7. The number of thiazole rings is 1. The van der Waals surface area contributed by atoms with Crippen LogP contribution >= 0.6 is 11.3 Å². The van der Waals surface area contributed by atoms with Gasteiger partial charge in [0.2, 0.25) is 0 Å². The van der Waals surface area contributed by atoms with Gasteiger partial charge in [0.25, 0.3) is 11.8 Å². The first-order valence-corrected chi connectivity index (χ1v) is 7.81. The molecule has 8 heteroatoms. The van der Waals surface area contributed by atoms with Crippen molar-refractivity contribution in [1.82, 2.24) is 4.98 Å². The Morgan fingerprint density at radius 3 is 3.13 bits per heavy atom. The molecule has 1 aromatic heterocycles. The van der Waals surface area contributed by atoms with Gasteiger partial charge in [-0.2, -0.15) is 0 Å². The van der Waals surface area contributed by atoms with Gasteiger partial charge >= 0.3 is 0 Å². The molecule has 3 rings (SSSR count). The van der Waals surface area contributed by atoms with Gasteiger partial charge < -0.3 is 14.8 Å². The standard InChI is InChI=1S/C15H15N3O4S/c1-8-14(20)16-10-5-9(3-4-12(10)22-8)11-7-23-15(17-11)18-13(19)6-21-2/h3-5,7-8H,6H2,1-2H3,(H,16,20)(H,17,18,19)/t8-/m0/s1. The maximum Gasteiger partial charge on any atom is 0.265 e. The number of anilines is 2. The molecule has 2 heterocycles. The molecule has 0 radical (unpaired) electrons. The number of methoxy groups -OCH3 is 1. The SMILES string of the molecule is COCC(=O)Nc1nc(-c2ccc3c(c2)NC(=O)[C@H](C)O3)cs1. The predicted molar refractivity (Wildman–Crippen MR) is 86.8 cm³/mol. The van der Waals surface area contributed by atoms with Crippen molar-refractivity contribution in [2.24, 2.45) is 0 Å². The van der Waals surface area contributed by atoms with Gasteiger partial charge in [-0.25, -0.2) is 4.98 Å². The third-order valence-corrected chi connectivity index (χ3v) is 3.99. The van der Waals surface area contributed by atoms with E-state index in [4.69, 9.17) is 9.47 Å². The molecule has 23 heavy (non-hydrogen) atoms. The predicted octanol–water partition coefficient (Wildman–Crippen LogP) is 2.11. The van der Waals surface area contributed by atoms with Crippen LogP contribution in [0, 0.1) is 0 Å². The molecule has 120 valence electrons. The van der Waals surface area contributed by atoms with E-state index in [9.17, 15) is 9.59 Å². The number of fused-ring (bicyclic) bond motifs is 1. The number of nitrogens with zero attached hydrogens (tertiary/aromatic N) is 1. The third kappa shape index (κ3) is 3.33. The number of ether oxygens (including phenoxy) is 2. The number of rotatable bonds is 4. The van der Waals surface area contributed by atoms with E-state index in [1.54, 1.807) is 19.1 Å². The summed E-state index contributed by atoms with van der Waals surface area (Å²) < 4.78 is 10.3. The Bertz CT molecular complexity index is 759. The van der Waals surface area contributed by atoms with Crippen LogP contribution in [0.15, 0.2) is 23.6 Å². The van der Waals surface area contributed by atoms with Crippen LogP contribution in [0.5, 0.6) is 5.75 Å². The first kappa shape index (κ1) is 15.4. The summed E-state index contributed by atoms with van der Waals surface area (Å²) in [5.41, 5.74) is 2.15. The zero-order valence-corrected chi connectivity index (χ0v) is 13.4. The number of carbonyl (C=O) groups is 2. The van der Waals surface area contributed by atoms with Crippen LogP contribution in [0.3, 0.4) is 0 Å². The van der Waals surface area contributed by atoms with Gasteiger partial charge in [0.1, 0.15) is 12.4 Å². The molecule has 1 aliphatic rings. The van der Waals surface area contributed by atoms with Gasteiger partial charge in [-0.3, -0.25) is 14.9 Å². The van der Waals surface area contributed by atoms with Crippen molar-refractivity contribution in [2.45, 2.75) is 13.0 Å². The van der Waals surface area contributed by atoms with E-state index >= 15 is 0 Å². The minimum atomic E-state index is -0.504. The molecule has 1 aliphatic heterocycles. The highest BCUT2D eigenvalue weighted by Crippen LogP contribution is 2.34. The quantitative estimate of drug-likeness (QED) is 0.894. The van der Waals surface area contributed by atoms with Crippen molar-refractivity contribution in [3.05, 3.63) is 23.6 Å². The van der Waals surface area contributed by atoms with E-state index in [0.29, 0.717) is 22.3 Å². The lowest BCUT2D eigenvalue weighted by atomic mass is 10.1. The second kappa shape index (κ2) is 6.35. The van der Waals surface area contributed by atoms with Crippen molar-refractivity contribution >= 4 is 34.0 Å². The van der Waals surface area contributed by atoms with E-state index in [0.717, 1.165) is 5.56 Å². The van der Waals surface area contributed by atoms with Crippen molar-refractivity contribution in [1.29, 1.82) is 0 Å². The number of carbonyl (C=O) groups excluding carboxylic acids is 2. The Morgan fingerprint density at radius 2 is 2.35 bits per heavy atom. The summed E-state index contributed by atoms with van der Waals surface area (Å²) in [5, 5.41) is 7.78. The molecule has 0 fully saturated rings. The lowest BCUT2D eigenvalue weighted by Crippen LogP contribution is -2.34. The normalized spacial score (nSPS) is 16.3. The summed E-state index contributed by atoms with van der Waals surface area (Å²) in [6, 6.07) is 5.46. The molecule has 2 amide bonds. The first-order valence-electron chi connectivity index (χ1n) is 6.93. The number of nitrogens with one attached hydrogen (secondary N) is 2. The fourth-order valence-electron chi connectivity index (χ4n) is 2.12. The molecule has 0 spiro atoms. The molecular formula is C15H15N3O4S. The maximum absolute atomic E-state index is 11.7. The van der Waals surface area contributed by atoms with E-state index in [-0.39, 0.29) is 18.4 Å². The van der Waals surface area contributed by atoms with Crippen LogP contribution in [-0.4, -0.2) is 36.6 Å². The summed E-state index contributed by atoms with van der Waals surface area (Å²) in [6.45, 7) is 1.68. The highest BCUT2D eigenvalue weighted by molar-refractivity contribution is 7.14. The molecule has 0 unspecified atom stereocenters. The molecule has 0 aliphatic carbocycles. The van der Waals surface area contributed by atoms with Crippen LogP contribution < -0.4 is 15.4 Å². The molecule has 7 nitrogen and oxygen atoms in total. The van der Waals surface area contributed by atoms with E-state index in [2.05, 4.69) is 15.6 Å². The Balaban J connectivity index is 1.80. The largest absolute Gasteiger partial charge is 0.479 e. The fourth-order valence-corrected chi connectivity index (χ4v) is 2.85. The van der Waals surface area contributed by atoms with Crippen molar-refractivity contribution < 1.29 is 19.1 Å². The molecule has 0 bridgehead atoms. The number of hydrogen-bond acceptors (Lipinski definition) is 6. The zero-order chi connectivity index (χ0) is 16.4. The highest BCUT2D eigenvalue weighted by atomic mass is 32.1. The molecular weight excluding hydrogens is 318 g/mol. The monoisotopic (exact) mass is 333 g/mol. The Morgan fingerprint density at radius 1 is 1.52 bits per heavy atom.